The van der Waals surface area contributed by atoms with Crippen LogP contribution in [0, 0.1) is 6.92 Å². The number of benzene rings is 2. The summed E-state index contributed by atoms with van der Waals surface area (Å²) in [5.41, 5.74) is 2.56. The average molecular weight is 340 g/mol. The molecule has 3 nitrogen and oxygen atoms in total. The highest BCUT2D eigenvalue weighted by molar-refractivity contribution is 5.72. The lowest BCUT2D eigenvalue weighted by Gasteiger charge is -2.23. The van der Waals surface area contributed by atoms with Crippen LogP contribution in [-0.4, -0.2) is 12.6 Å². The molecule has 0 aliphatic heterocycles. The summed E-state index contributed by atoms with van der Waals surface area (Å²) in [5, 5.41) is 0. The molecule has 0 fully saturated rings. The van der Waals surface area contributed by atoms with Crippen molar-refractivity contribution in [3.8, 4) is 11.5 Å². The minimum Gasteiger partial charge on any atom is -0.494 e. The molecule has 134 valence electrons. The van der Waals surface area contributed by atoms with Gasteiger partial charge in [0.2, 0.25) is 0 Å². The van der Waals surface area contributed by atoms with Crippen LogP contribution in [0.1, 0.15) is 51.2 Å². The Hall–Kier alpha value is -2.29. The Morgan fingerprint density at radius 1 is 1.04 bits per heavy atom. The fourth-order valence-corrected chi connectivity index (χ4v) is 2.47. The second-order valence-electron chi connectivity index (χ2n) is 7.00. The Morgan fingerprint density at radius 3 is 2.40 bits per heavy atom. The second-order valence-corrected chi connectivity index (χ2v) is 7.00. The number of ether oxygens (including phenoxy) is 2. The van der Waals surface area contributed by atoms with Gasteiger partial charge in [0.25, 0.3) is 0 Å². The molecular weight excluding hydrogens is 312 g/mol. The molecule has 0 saturated carbocycles. The zero-order valence-corrected chi connectivity index (χ0v) is 15.7. The average Bonchev–Trinajstić information content (AvgIpc) is 2.59. The van der Waals surface area contributed by atoms with Crippen molar-refractivity contribution >= 4 is 5.97 Å². The SMILES string of the molecule is CCC(C)(C)c1ccc(OCCCC(=O)Oc2cccc(C)c2)cc1. The van der Waals surface area contributed by atoms with E-state index in [0.29, 0.717) is 25.2 Å². The van der Waals surface area contributed by atoms with Crippen molar-refractivity contribution in [2.75, 3.05) is 6.61 Å². The van der Waals surface area contributed by atoms with Gasteiger partial charge >= 0.3 is 5.97 Å². The van der Waals surface area contributed by atoms with Gasteiger partial charge in [0, 0.05) is 6.42 Å². The van der Waals surface area contributed by atoms with Crippen molar-refractivity contribution in [1.82, 2.24) is 0 Å². The quantitative estimate of drug-likeness (QED) is 0.364. The molecule has 2 aromatic rings. The van der Waals surface area contributed by atoms with Crippen LogP contribution in [0.15, 0.2) is 48.5 Å². The van der Waals surface area contributed by atoms with Gasteiger partial charge in [-0.2, -0.15) is 0 Å². The van der Waals surface area contributed by atoms with Gasteiger partial charge in [0.1, 0.15) is 11.5 Å². The molecule has 0 aromatic heterocycles. The Balaban J connectivity index is 1.73. The number of carbonyl (C=O) groups excluding carboxylic acids is 1. The summed E-state index contributed by atoms with van der Waals surface area (Å²) in [7, 11) is 0. The molecular formula is C22H28O3. The van der Waals surface area contributed by atoms with Crippen molar-refractivity contribution in [2.45, 2.75) is 52.4 Å². The minimum atomic E-state index is -0.228. The van der Waals surface area contributed by atoms with Gasteiger partial charge in [-0.3, -0.25) is 4.79 Å². The first-order chi connectivity index (χ1) is 11.9. The summed E-state index contributed by atoms with van der Waals surface area (Å²) in [6.45, 7) is 9.14. The third-order valence-electron chi connectivity index (χ3n) is 4.53. The smallest absolute Gasteiger partial charge is 0.311 e. The summed E-state index contributed by atoms with van der Waals surface area (Å²) < 4.78 is 11.0. The van der Waals surface area contributed by atoms with Crippen LogP contribution in [0.3, 0.4) is 0 Å². The first-order valence-electron chi connectivity index (χ1n) is 8.91. The van der Waals surface area contributed by atoms with Crippen molar-refractivity contribution < 1.29 is 14.3 Å². The van der Waals surface area contributed by atoms with Gasteiger partial charge in [0.15, 0.2) is 0 Å². The van der Waals surface area contributed by atoms with E-state index in [4.69, 9.17) is 9.47 Å². The van der Waals surface area contributed by atoms with Crippen LogP contribution in [0.25, 0.3) is 0 Å². The molecule has 0 saturated heterocycles. The summed E-state index contributed by atoms with van der Waals surface area (Å²) in [6, 6.07) is 15.7. The monoisotopic (exact) mass is 340 g/mol. The maximum atomic E-state index is 11.8. The molecule has 0 aliphatic rings. The molecule has 2 rings (SSSR count). The highest BCUT2D eigenvalue weighted by atomic mass is 16.5. The first-order valence-corrected chi connectivity index (χ1v) is 8.91. The van der Waals surface area contributed by atoms with Crippen molar-refractivity contribution in [1.29, 1.82) is 0 Å². The Labute approximate surface area is 151 Å². The summed E-state index contributed by atoms with van der Waals surface area (Å²) in [5.74, 6) is 1.21. The fraction of sp³-hybridized carbons (Fsp3) is 0.409. The van der Waals surface area contributed by atoms with Crippen molar-refractivity contribution in [2.24, 2.45) is 0 Å². The van der Waals surface area contributed by atoms with Crippen LogP contribution < -0.4 is 9.47 Å². The number of esters is 1. The Morgan fingerprint density at radius 2 is 1.76 bits per heavy atom. The highest BCUT2D eigenvalue weighted by Gasteiger charge is 2.17. The van der Waals surface area contributed by atoms with E-state index in [9.17, 15) is 4.79 Å². The van der Waals surface area contributed by atoms with Crippen molar-refractivity contribution in [3.05, 3.63) is 59.7 Å². The molecule has 25 heavy (non-hydrogen) atoms. The molecule has 3 heteroatoms. The number of hydrogen-bond acceptors (Lipinski definition) is 3. The van der Waals surface area contributed by atoms with Gasteiger partial charge in [-0.1, -0.05) is 45.0 Å². The molecule has 0 radical (unpaired) electrons. The molecule has 0 unspecified atom stereocenters. The third-order valence-corrected chi connectivity index (χ3v) is 4.53. The van der Waals surface area contributed by atoms with Crippen LogP contribution in [0.4, 0.5) is 0 Å². The number of hydrogen-bond donors (Lipinski definition) is 0. The third kappa shape index (κ3) is 5.93. The van der Waals surface area contributed by atoms with Crippen LogP contribution in [0.5, 0.6) is 11.5 Å². The molecule has 0 amide bonds. The van der Waals surface area contributed by atoms with Crippen LogP contribution in [0.2, 0.25) is 0 Å². The molecule has 0 heterocycles. The predicted molar refractivity (Wildman–Crippen MR) is 101 cm³/mol. The molecule has 2 aromatic carbocycles. The van der Waals surface area contributed by atoms with Gasteiger partial charge in [-0.25, -0.2) is 0 Å². The fourth-order valence-electron chi connectivity index (χ4n) is 2.47. The van der Waals surface area contributed by atoms with E-state index in [2.05, 4.69) is 32.9 Å². The number of aryl methyl sites for hydroxylation is 1. The van der Waals surface area contributed by atoms with E-state index >= 15 is 0 Å². The van der Waals surface area contributed by atoms with E-state index in [-0.39, 0.29) is 11.4 Å². The molecule has 0 spiro atoms. The topological polar surface area (TPSA) is 35.5 Å². The summed E-state index contributed by atoms with van der Waals surface area (Å²) in [6.07, 6.45) is 2.07. The Kier molecular flexibility index (Phi) is 6.63. The second kappa shape index (κ2) is 8.70. The first kappa shape index (κ1) is 19.0. The molecule has 0 N–H and O–H groups in total. The largest absolute Gasteiger partial charge is 0.494 e. The number of carbonyl (C=O) groups is 1. The van der Waals surface area contributed by atoms with Gasteiger partial charge < -0.3 is 9.47 Å². The van der Waals surface area contributed by atoms with Crippen LogP contribution in [-0.2, 0) is 10.2 Å². The molecule has 0 bridgehead atoms. The summed E-state index contributed by atoms with van der Waals surface area (Å²) in [4.78, 5) is 11.8. The van der Waals surface area contributed by atoms with Crippen LogP contribution >= 0.6 is 0 Å². The van der Waals surface area contributed by atoms with Gasteiger partial charge in [0.05, 0.1) is 6.61 Å². The van der Waals surface area contributed by atoms with Gasteiger partial charge in [-0.05, 0) is 60.6 Å². The Bertz CT molecular complexity index is 687. The standard InChI is InChI=1S/C22H28O3/c1-5-22(3,4)18-11-13-19(14-12-18)24-15-7-10-21(23)25-20-9-6-8-17(2)16-20/h6,8-9,11-14,16H,5,7,10,15H2,1-4H3. The lowest BCUT2D eigenvalue weighted by molar-refractivity contribution is -0.134. The minimum absolute atomic E-state index is 0.179. The normalized spacial score (nSPS) is 11.2. The summed E-state index contributed by atoms with van der Waals surface area (Å²) >= 11 is 0. The van der Waals surface area contributed by atoms with Gasteiger partial charge in [-0.15, -0.1) is 0 Å². The van der Waals surface area contributed by atoms with E-state index in [1.54, 1.807) is 6.07 Å². The highest BCUT2D eigenvalue weighted by Crippen LogP contribution is 2.28. The van der Waals surface area contributed by atoms with E-state index in [0.717, 1.165) is 17.7 Å². The molecule has 0 aliphatic carbocycles. The lowest BCUT2D eigenvalue weighted by atomic mass is 9.82. The maximum Gasteiger partial charge on any atom is 0.311 e. The molecule has 0 atom stereocenters. The zero-order chi connectivity index (χ0) is 18.3. The maximum absolute atomic E-state index is 11.8. The number of rotatable bonds is 8. The van der Waals surface area contributed by atoms with E-state index in [1.807, 2.05) is 37.3 Å². The van der Waals surface area contributed by atoms with E-state index in [1.165, 1.54) is 5.56 Å². The predicted octanol–water partition coefficient (Wildman–Crippen LogP) is 5.45. The lowest BCUT2D eigenvalue weighted by Crippen LogP contribution is -2.15. The van der Waals surface area contributed by atoms with E-state index < -0.39 is 0 Å². The van der Waals surface area contributed by atoms with Crippen molar-refractivity contribution in [3.63, 3.8) is 0 Å². The zero-order valence-electron chi connectivity index (χ0n) is 15.7.